The number of ether oxygens (including phenoxy) is 1. The molecule has 88 valence electrons. The second-order valence-corrected chi connectivity index (χ2v) is 4.35. The summed E-state index contributed by atoms with van der Waals surface area (Å²) in [6.45, 7) is 0. The number of nitriles is 1. The number of carbonyl (C=O) groups is 1. The summed E-state index contributed by atoms with van der Waals surface area (Å²) >= 11 is 0. The second-order valence-electron chi connectivity index (χ2n) is 4.35. The fourth-order valence-corrected chi connectivity index (χ4v) is 2.13. The van der Waals surface area contributed by atoms with Gasteiger partial charge in [-0.25, -0.2) is 4.79 Å². The minimum Gasteiger partial charge on any atom is -0.459 e. The predicted octanol–water partition coefficient (Wildman–Crippen LogP) is 2.85. The lowest BCUT2D eigenvalue weighted by Gasteiger charge is -2.11. The van der Waals surface area contributed by atoms with Crippen LogP contribution < -0.4 is 0 Å². The molecule has 0 amide bonds. The van der Waals surface area contributed by atoms with Crippen molar-refractivity contribution in [1.82, 2.24) is 0 Å². The summed E-state index contributed by atoms with van der Waals surface area (Å²) in [4.78, 5) is 11.9. The van der Waals surface area contributed by atoms with Crippen molar-refractivity contribution in [1.29, 1.82) is 5.26 Å². The minimum atomic E-state index is -0.267. The van der Waals surface area contributed by atoms with Crippen molar-refractivity contribution < 1.29 is 9.53 Å². The van der Waals surface area contributed by atoms with Crippen molar-refractivity contribution in [2.45, 2.75) is 38.2 Å². The van der Waals surface area contributed by atoms with Gasteiger partial charge in [-0.3, -0.25) is 0 Å². The number of hydrogen-bond acceptors (Lipinski definition) is 3. The molecule has 3 heteroatoms. The van der Waals surface area contributed by atoms with Crippen LogP contribution in [0.1, 0.15) is 41.6 Å². The third kappa shape index (κ3) is 3.07. The van der Waals surface area contributed by atoms with Crippen molar-refractivity contribution in [3.8, 4) is 6.07 Å². The normalized spacial score (nSPS) is 15.5. The fraction of sp³-hybridized carbons (Fsp3) is 0.429. The van der Waals surface area contributed by atoms with Crippen molar-refractivity contribution in [3.63, 3.8) is 0 Å². The lowest BCUT2D eigenvalue weighted by Crippen LogP contribution is -2.14. The van der Waals surface area contributed by atoms with E-state index in [1.807, 2.05) is 6.07 Å². The molecule has 0 bridgehead atoms. The average Bonchev–Trinajstić information content (AvgIpc) is 2.83. The molecule has 1 aliphatic carbocycles. The third-order valence-corrected chi connectivity index (χ3v) is 3.02. The van der Waals surface area contributed by atoms with Gasteiger partial charge in [-0.15, -0.1) is 0 Å². The molecule has 0 N–H and O–H groups in total. The maximum absolute atomic E-state index is 11.9. The van der Waals surface area contributed by atoms with Crippen LogP contribution in [0.25, 0.3) is 0 Å². The van der Waals surface area contributed by atoms with Crippen LogP contribution in [0.2, 0.25) is 0 Å². The van der Waals surface area contributed by atoms with Gasteiger partial charge in [0.1, 0.15) is 6.10 Å². The van der Waals surface area contributed by atoms with Gasteiger partial charge in [-0.1, -0.05) is 12.1 Å². The van der Waals surface area contributed by atoms with Gasteiger partial charge in [0.2, 0.25) is 0 Å². The van der Waals surface area contributed by atoms with E-state index in [1.54, 1.807) is 18.2 Å². The highest BCUT2D eigenvalue weighted by Crippen LogP contribution is 2.22. The summed E-state index contributed by atoms with van der Waals surface area (Å²) in [5.41, 5.74) is 1.40. The molecule has 1 aromatic carbocycles. The van der Waals surface area contributed by atoms with E-state index in [1.165, 1.54) is 0 Å². The van der Waals surface area contributed by atoms with Crippen LogP contribution in [0.5, 0.6) is 0 Å². The Kier molecular flexibility index (Phi) is 3.77. The lowest BCUT2D eigenvalue weighted by molar-refractivity contribution is 0.0318. The molecule has 0 spiro atoms. The quantitative estimate of drug-likeness (QED) is 0.749. The number of rotatable bonds is 3. The van der Waals surface area contributed by atoms with Crippen LogP contribution in [0.15, 0.2) is 24.3 Å². The number of nitrogens with zero attached hydrogens (tertiary/aromatic N) is 1. The topological polar surface area (TPSA) is 50.1 Å². The lowest BCUT2D eigenvalue weighted by atomic mass is 10.1. The zero-order valence-electron chi connectivity index (χ0n) is 9.69. The van der Waals surface area contributed by atoms with Crippen LogP contribution in [0, 0.1) is 11.3 Å². The van der Waals surface area contributed by atoms with Gasteiger partial charge in [0.15, 0.2) is 0 Å². The first-order valence-corrected chi connectivity index (χ1v) is 5.96. The number of esters is 1. The molecule has 0 heterocycles. The first-order valence-electron chi connectivity index (χ1n) is 5.96. The van der Waals surface area contributed by atoms with Gasteiger partial charge < -0.3 is 4.74 Å². The zero-order valence-corrected chi connectivity index (χ0v) is 9.69. The highest BCUT2D eigenvalue weighted by atomic mass is 16.5. The fourth-order valence-electron chi connectivity index (χ4n) is 2.13. The monoisotopic (exact) mass is 229 g/mol. The van der Waals surface area contributed by atoms with Crippen LogP contribution in [-0.2, 0) is 11.2 Å². The largest absolute Gasteiger partial charge is 0.459 e. The second kappa shape index (κ2) is 5.49. The van der Waals surface area contributed by atoms with E-state index in [0.717, 1.165) is 31.2 Å². The molecule has 0 unspecified atom stereocenters. The average molecular weight is 229 g/mol. The molecule has 0 atom stereocenters. The standard InChI is InChI=1S/C14H15NO2/c15-9-8-11-4-3-5-12(10-11)14(16)17-13-6-1-2-7-13/h3-5,10,13H,1-2,6-8H2. The van der Waals surface area contributed by atoms with Gasteiger partial charge in [-0.05, 0) is 43.4 Å². The van der Waals surface area contributed by atoms with Crippen molar-refractivity contribution in [2.24, 2.45) is 0 Å². The summed E-state index contributed by atoms with van der Waals surface area (Å²) in [6.07, 6.45) is 4.65. The number of hydrogen-bond donors (Lipinski definition) is 0. The molecule has 3 nitrogen and oxygen atoms in total. The molecule has 1 aromatic rings. The van der Waals surface area contributed by atoms with E-state index in [4.69, 9.17) is 10.00 Å². The Labute approximate surface area is 101 Å². The van der Waals surface area contributed by atoms with Gasteiger partial charge in [0.05, 0.1) is 18.1 Å². The van der Waals surface area contributed by atoms with E-state index in [-0.39, 0.29) is 12.1 Å². The Morgan fingerprint density at radius 3 is 2.88 bits per heavy atom. The summed E-state index contributed by atoms with van der Waals surface area (Å²) in [5, 5.41) is 8.61. The van der Waals surface area contributed by atoms with Crippen LogP contribution in [-0.4, -0.2) is 12.1 Å². The van der Waals surface area contributed by atoms with E-state index < -0.39 is 0 Å². The number of benzene rings is 1. The first-order chi connectivity index (χ1) is 8.29. The predicted molar refractivity (Wildman–Crippen MR) is 63.4 cm³/mol. The van der Waals surface area contributed by atoms with Gasteiger partial charge in [0, 0.05) is 0 Å². The van der Waals surface area contributed by atoms with Gasteiger partial charge in [-0.2, -0.15) is 5.26 Å². The van der Waals surface area contributed by atoms with E-state index in [2.05, 4.69) is 6.07 Å². The van der Waals surface area contributed by atoms with Crippen LogP contribution in [0.4, 0.5) is 0 Å². The highest BCUT2D eigenvalue weighted by molar-refractivity contribution is 5.89. The van der Waals surface area contributed by atoms with Crippen molar-refractivity contribution >= 4 is 5.97 Å². The molecule has 17 heavy (non-hydrogen) atoms. The smallest absolute Gasteiger partial charge is 0.338 e. The number of carbonyl (C=O) groups excluding carboxylic acids is 1. The summed E-state index contributed by atoms with van der Waals surface area (Å²) in [5.74, 6) is -0.267. The van der Waals surface area contributed by atoms with Crippen LogP contribution >= 0.6 is 0 Å². The zero-order chi connectivity index (χ0) is 12.1. The van der Waals surface area contributed by atoms with Gasteiger partial charge >= 0.3 is 5.97 Å². The van der Waals surface area contributed by atoms with Crippen molar-refractivity contribution in [2.75, 3.05) is 0 Å². The third-order valence-electron chi connectivity index (χ3n) is 3.02. The molecular formula is C14H15NO2. The Balaban J connectivity index is 2.02. The van der Waals surface area contributed by atoms with E-state index in [9.17, 15) is 4.79 Å². The molecule has 1 aliphatic rings. The van der Waals surface area contributed by atoms with Crippen LogP contribution in [0.3, 0.4) is 0 Å². The maximum Gasteiger partial charge on any atom is 0.338 e. The summed E-state index contributed by atoms with van der Waals surface area (Å²) in [6, 6.07) is 9.17. The van der Waals surface area contributed by atoms with E-state index >= 15 is 0 Å². The van der Waals surface area contributed by atoms with Gasteiger partial charge in [0.25, 0.3) is 0 Å². The summed E-state index contributed by atoms with van der Waals surface area (Å²) in [7, 11) is 0. The minimum absolute atomic E-state index is 0.0853. The molecule has 0 aromatic heterocycles. The molecule has 0 saturated heterocycles. The Hall–Kier alpha value is -1.82. The highest BCUT2D eigenvalue weighted by Gasteiger charge is 2.20. The summed E-state index contributed by atoms with van der Waals surface area (Å²) < 4.78 is 5.41. The Morgan fingerprint density at radius 1 is 1.41 bits per heavy atom. The molecule has 1 fully saturated rings. The van der Waals surface area contributed by atoms with Crippen molar-refractivity contribution in [3.05, 3.63) is 35.4 Å². The first kappa shape index (κ1) is 11.7. The Morgan fingerprint density at radius 2 is 2.18 bits per heavy atom. The molecular weight excluding hydrogens is 214 g/mol. The molecule has 0 aliphatic heterocycles. The SMILES string of the molecule is N#CCc1cccc(C(=O)OC2CCCC2)c1. The maximum atomic E-state index is 11.9. The molecule has 1 saturated carbocycles. The Bertz CT molecular complexity index is 442. The van der Waals surface area contributed by atoms with E-state index in [0.29, 0.717) is 12.0 Å². The molecule has 0 radical (unpaired) electrons. The molecule has 2 rings (SSSR count).